The standard InChI is InChI=1S/C19H19BrN2O3S/c1-19-9-8-17(23)22(19)15(11-26-19)18(24)21-10-14-6-7-16(25-14)12-2-4-13(20)5-3-12/h2-7,15H,8-11H2,1H3,(H,21,24)/t15-,19+/m0/s1. The lowest BCUT2D eigenvalue weighted by Gasteiger charge is -2.29. The SMILES string of the molecule is C[C@@]12CCC(=O)N1[C@H](C(=O)NCc1ccc(-c3ccc(Br)cc3)o1)CS2. The van der Waals surface area contributed by atoms with E-state index >= 15 is 0 Å². The Morgan fingerprint density at radius 2 is 2.12 bits per heavy atom. The summed E-state index contributed by atoms with van der Waals surface area (Å²) in [5, 5.41) is 2.92. The number of nitrogens with one attached hydrogen (secondary N) is 1. The normalized spacial score (nSPS) is 24.8. The molecule has 26 heavy (non-hydrogen) atoms. The van der Waals surface area contributed by atoms with E-state index in [9.17, 15) is 9.59 Å². The van der Waals surface area contributed by atoms with Crippen molar-refractivity contribution in [1.29, 1.82) is 0 Å². The van der Waals surface area contributed by atoms with Gasteiger partial charge in [-0.3, -0.25) is 9.59 Å². The number of hydrogen-bond acceptors (Lipinski definition) is 4. The fraction of sp³-hybridized carbons (Fsp3) is 0.368. The van der Waals surface area contributed by atoms with Crippen LogP contribution in [-0.2, 0) is 16.1 Å². The number of benzene rings is 1. The number of nitrogens with zero attached hydrogens (tertiary/aromatic N) is 1. The number of rotatable bonds is 4. The van der Waals surface area contributed by atoms with Crippen LogP contribution >= 0.6 is 27.7 Å². The molecule has 0 aliphatic carbocycles. The van der Waals surface area contributed by atoms with Gasteiger partial charge in [-0.2, -0.15) is 0 Å². The number of halogens is 1. The van der Waals surface area contributed by atoms with Gasteiger partial charge in [-0.1, -0.05) is 28.1 Å². The molecule has 0 bridgehead atoms. The van der Waals surface area contributed by atoms with Crippen LogP contribution in [0.4, 0.5) is 0 Å². The van der Waals surface area contributed by atoms with Gasteiger partial charge in [0.2, 0.25) is 11.8 Å². The van der Waals surface area contributed by atoms with E-state index in [1.54, 1.807) is 16.7 Å². The highest BCUT2D eigenvalue weighted by atomic mass is 79.9. The lowest BCUT2D eigenvalue weighted by atomic mass is 10.2. The van der Waals surface area contributed by atoms with Gasteiger partial charge in [0.05, 0.1) is 11.4 Å². The van der Waals surface area contributed by atoms with Gasteiger partial charge in [0, 0.05) is 22.2 Å². The Labute approximate surface area is 164 Å². The van der Waals surface area contributed by atoms with Crippen LogP contribution in [0.15, 0.2) is 45.3 Å². The van der Waals surface area contributed by atoms with Crippen LogP contribution in [0.2, 0.25) is 0 Å². The van der Waals surface area contributed by atoms with Crippen LogP contribution in [-0.4, -0.2) is 33.4 Å². The Morgan fingerprint density at radius 3 is 2.88 bits per heavy atom. The molecule has 2 aromatic rings. The Hall–Kier alpha value is -1.73. The maximum absolute atomic E-state index is 12.6. The summed E-state index contributed by atoms with van der Waals surface area (Å²) in [6.07, 6.45) is 1.34. The molecule has 1 N–H and O–H groups in total. The van der Waals surface area contributed by atoms with E-state index in [1.807, 2.05) is 43.3 Å². The summed E-state index contributed by atoms with van der Waals surface area (Å²) in [5.41, 5.74) is 0.983. The van der Waals surface area contributed by atoms with Crippen molar-refractivity contribution < 1.29 is 14.0 Å². The van der Waals surface area contributed by atoms with E-state index in [-0.39, 0.29) is 22.7 Å². The minimum absolute atomic E-state index is 0.0770. The highest BCUT2D eigenvalue weighted by Crippen LogP contribution is 2.47. The molecular formula is C19H19BrN2O3S. The molecular weight excluding hydrogens is 416 g/mol. The number of carbonyl (C=O) groups excluding carboxylic acids is 2. The zero-order valence-corrected chi connectivity index (χ0v) is 16.7. The molecule has 0 saturated carbocycles. The summed E-state index contributed by atoms with van der Waals surface area (Å²) < 4.78 is 6.85. The first-order valence-electron chi connectivity index (χ1n) is 8.55. The molecule has 2 fully saturated rings. The third kappa shape index (κ3) is 3.18. The maximum atomic E-state index is 12.6. The quantitative estimate of drug-likeness (QED) is 0.794. The molecule has 2 aliphatic heterocycles. The number of fused-ring (bicyclic) bond motifs is 1. The minimum Gasteiger partial charge on any atom is -0.459 e. The number of furan rings is 1. The topological polar surface area (TPSA) is 62.6 Å². The van der Waals surface area contributed by atoms with E-state index in [4.69, 9.17) is 4.42 Å². The second-order valence-electron chi connectivity index (χ2n) is 6.76. The zero-order valence-electron chi connectivity index (χ0n) is 14.3. The van der Waals surface area contributed by atoms with Crippen LogP contribution in [0, 0.1) is 0 Å². The first-order chi connectivity index (χ1) is 12.5. The van der Waals surface area contributed by atoms with Crippen molar-refractivity contribution in [3.63, 3.8) is 0 Å². The van der Waals surface area contributed by atoms with Crippen LogP contribution in [0.25, 0.3) is 11.3 Å². The van der Waals surface area contributed by atoms with E-state index < -0.39 is 0 Å². The average molecular weight is 435 g/mol. The second kappa shape index (κ2) is 6.78. The Balaban J connectivity index is 1.39. The molecule has 2 amide bonds. The van der Waals surface area contributed by atoms with E-state index in [2.05, 4.69) is 21.2 Å². The molecule has 2 aliphatic rings. The predicted octanol–water partition coefficient (Wildman–Crippen LogP) is 3.78. The van der Waals surface area contributed by atoms with Crippen molar-refractivity contribution in [1.82, 2.24) is 10.2 Å². The van der Waals surface area contributed by atoms with Crippen molar-refractivity contribution >= 4 is 39.5 Å². The van der Waals surface area contributed by atoms with E-state index in [0.717, 1.165) is 22.2 Å². The summed E-state index contributed by atoms with van der Waals surface area (Å²) in [4.78, 5) is 26.3. The highest BCUT2D eigenvalue weighted by Gasteiger charge is 2.52. The number of carbonyl (C=O) groups is 2. The van der Waals surface area contributed by atoms with Crippen LogP contribution < -0.4 is 5.32 Å². The van der Waals surface area contributed by atoms with Gasteiger partial charge in [0.1, 0.15) is 17.6 Å². The Bertz CT molecular complexity index is 851. The molecule has 5 nitrogen and oxygen atoms in total. The lowest BCUT2D eigenvalue weighted by Crippen LogP contribution is -2.49. The monoisotopic (exact) mass is 434 g/mol. The summed E-state index contributed by atoms with van der Waals surface area (Å²) >= 11 is 5.11. The van der Waals surface area contributed by atoms with Gasteiger partial charge in [0.15, 0.2) is 0 Å². The Morgan fingerprint density at radius 1 is 1.35 bits per heavy atom. The predicted molar refractivity (Wildman–Crippen MR) is 104 cm³/mol. The first kappa shape index (κ1) is 17.7. The molecule has 0 radical (unpaired) electrons. The molecule has 7 heteroatoms. The van der Waals surface area contributed by atoms with Crippen molar-refractivity contribution in [2.45, 2.75) is 37.2 Å². The summed E-state index contributed by atoms with van der Waals surface area (Å²) in [6.45, 7) is 2.36. The Kier molecular flexibility index (Phi) is 4.61. The summed E-state index contributed by atoms with van der Waals surface area (Å²) in [5.74, 6) is 2.07. The van der Waals surface area contributed by atoms with Gasteiger partial charge >= 0.3 is 0 Å². The fourth-order valence-electron chi connectivity index (χ4n) is 3.55. The summed E-state index contributed by atoms with van der Waals surface area (Å²) in [7, 11) is 0. The van der Waals surface area contributed by atoms with Gasteiger partial charge in [-0.05, 0) is 37.6 Å². The number of thioether (sulfide) groups is 1. The molecule has 136 valence electrons. The van der Waals surface area contributed by atoms with Crippen LogP contribution in [0.1, 0.15) is 25.5 Å². The van der Waals surface area contributed by atoms with Gasteiger partial charge in [0.25, 0.3) is 0 Å². The van der Waals surface area contributed by atoms with Crippen molar-refractivity contribution in [2.24, 2.45) is 0 Å². The molecule has 1 aromatic heterocycles. The van der Waals surface area contributed by atoms with Crippen molar-refractivity contribution in [2.75, 3.05) is 5.75 Å². The summed E-state index contributed by atoms with van der Waals surface area (Å²) in [6, 6.07) is 11.2. The smallest absolute Gasteiger partial charge is 0.244 e. The molecule has 2 saturated heterocycles. The molecule has 0 spiro atoms. The highest BCUT2D eigenvalue weighted by molar-refractivity contribution is 9.10. The molecule has 4 rings (SSSR count). The zero-order chi connectivity index (χ0) is 18.3. The van der Waals surface area contributed by atoms with E-state index in [0.29, 0.717) is 24.5 Å². The third-order valence-corrected chi connectivity index (χ3v) is 7.01. The van der Waals surface area contributed by atoms with Gasteiger partial charge in [-0.25, -0.2) is 0 Å². The molecule has 1 aromatic carbocycles. The largest absolute Gasteiger partial charge is 0.459 e. The third-order valence-electron chi connectivity index (χ3n) is 4.97. The van der Waals surface area contributed by atoms with Gasteiger partial charge < -0.3 is 14.6 Å². The lowest BCUT2D eigenvalue weighted by molar-refractivity contribution is -0.138. The van der Waals surface area contributed by atoms with Crippen LogP contribution in [0.3, 0.4) is 0 Å². The first-order valence-corrected chi connectivity index (χ1v) is 10.3. The average Bonchev–Trinajstić information content (AvgIpc) is 3.30. The van der Waals surface area contributed by atoms with Crippen molar-refractivity contribution in [3.8, 4) is 11.3 Å². The van der Waals surface area contributed by atoms with Crippen molar-refractivity contribution in [3.05, 3.63) is 46.6 Å². The second-order valence-corrected chi connectivity index (χ2v) is 9.17. The maximum Gasteiger partial charge on any atom is 0.244 e. The number of hydrogen-bond donors (Lipinski definition) is 1. The molecule has 3 heterocycles. The minimum atomic E-state index is -0.388. The molecule has 2 atom stereocenters. The number of amides is 2. The van der Waals surface area contributed by atoms with Crippen LogP contribution in [0.5, 0.6) is 0 Å². The molecule has 0 unspecified atom stereocenters. The fourth-order valence-corrected chi connectivity index (χ4v) is 5.25. The van der Waals surface area contributed by atoms with Gasteiger partial charge in [-0.15, -0.1) is 11.8 Å². The van der Waals surface area contributed by atoms with E-state index in [1.165, 1.54) is 0 Å².